The van der Waals surface area contributed by atoms with Crippen LogP contribution in [0.15, 0.2) is 0 Å². The van der Waals surface area contributed by atoms with E-state index >= 15 is 0 Å². The van der Waals surface area contributed by atoms with Gasteiger partial charge in [0.05, 0.1) is 26.4 Å². The lowest BCUT2D eigenvalue weighted by atomic mass is 10.0. The SMILES string of the molecule is CC(C)CCCCCCCCCCOCC(O)COCC(O)CO. The molecule has 0 heterocycles. The second-order valence-electron chi connectivity index (χ2n) is 7.11. The minimum Gasteiger partial charge on any atom is -0.394 e. The van der Waals surface area contributed by atoms with Crippen molar-refractivity contribution in [3.05, 3.63) is 0 Å². The fraction of sp³-hybridized carbons (Fsp3) is 1.00. The molecule has 0 aromatic rings. The third kappa shape index (κ3) is 18.1. The van der Waals surface area contributed by atoms with Gasteiger partial charge in [0.1, 0.15) is 12.2 Å². The normalized spacial score (nSPS) is 14.2. The van der Waals surface area contributed by atoms with Gasteiger partial charge in [-0.05, 0) is 12.3 Å². The molecule has 0 aromatic carbocycles. The zero-order valence-corrected chi connectivity index (χ0v) is 15.8. The maximum Gasteiger partial charge on any atom is 0.101 e. The first-order chi connectivity index (χ1) is 11.6. The molecule has 0 rings (SSSR count). The molecule has 0 fully saturated rings. The van der Waals surface area contributed by atoms with Gasteiger partial charge >= 0.3 is 0 Å². The monoisotopic (exact) mass is 348 g/mol. The number of hydrogen-bond acceptors (Lipinski definition) is 5. The Balaban J connectivity index is 3.16. The number of ether oxygens (including phenoxy) is 2. The third-order valence-electron chi connectivity index (χ3n) is 3.96. The van der Waals surface area contributed by atoms with Crippen molar-refractivity contribution in [3.63, 3.8) is 0 Å². The van der Waals surface area contributed by atoms with Crippen LogP contribution in [0.1, 0.15) is 71.6 Å². The van der Waals surface area contributed by atoms with Crippen LogP contribution in [0.2, 0.25) is 0 Å². The summed E-state index contributed by atoms with van der Waals surface area (Å²) in [6, 6.07) is 0. The molecule has 0 aliphatic heterocycles. The molecule has 0 aliphatic rings. The lowest BCUT2D eigenvalue weighted by Gasteiger charge is -2.13. The second kappa shape index (κ2) is 17.6. The van der Waals surface area contributed by atoms with E-state index < -0.39 is 12.2 Å². The summed E-state index contributed by atoms with van der Waals surface area (Å²) >= 11 is 0. The van der Waals surface area contributed by atoms with Gasteiger partial charge in [0, 0.05) is 6.61 Å². The molecule has 3 N–H and O–H groups in total. The van der Waals surface area contributed by atoms with Gasteiger partial charge in [-0.15, -0.1) is 0 Å². The number of unbranched alkanes of at least 4 members (excludes halogenated alkanes) is 7. The zero-order chi connectivity index (χ0) is 18.0. The molecule has 146 valence electrons. The van der Waals surface area contributed by atoms with Gasteiger partial charge < -0.3 is 24.8 Å². The van der Waals surface area contributed by atoms with Crippen molar-refractivity contribution >= 4 is 0 Å². The molecule has 0 saturated carbocycles. The summed E-state index contributed by atoms with van der Waals surface area (Å²) in [4.78, 5) is 0. The van der Waals surface area contributed by atoms with Crippen LogP contribution in [0.25, 0.3) is 0 Å². The average molecular weight is 349 g/mol. The first-order valence-electron chi connectivity index (χ1n) is 9.68. The Morgan fingerprint density at radius 1 is 0.667 bits per heavy atom. The Morgan fingerprint density at radius 3 is 1.75 bits per heavy atom. The minimum atomic E-state index is -0.881. The molecule has 24 heavy (non-hydrogen) atoms. The quantitative estimate of drug-likeness (QED) is 0.332. The smallest absolute Gasteiger partial charge is 0.101 e. The predicted octanol–water partition coefficient (Wildman–Crippen LogP) is 2.90. The molecular weight excluding hydrogens is 308 g/mol. The highest BCUT2D eigenvalue weighted by Gasteiger charge is 2.07. The predicted molar refractivity (Wildman–Crippen MR) is 97.1 cm³/mol. The highest BCUT2D eigenvalue weighted by molar-refractivity contribution is 4.55. The summed E-state index contributed by atoms with van der Waals surface area (Å²) in [6.07, 6.45) is 10.0. The summed E-state index contributed by atoms with van der Waals surface area (Å²) in [6.45, 7) is 5.32. The highest BCUT2D eigenvalue weighted by atomic mass is 16.5. The summed E-state index contributed by atoms with van der Waals surface area (Å²) in [5.41, 5.74) is 0. The van der Waals surface area contributed by atoms with Crippen molar-refractivity contribution in [2.75, 3.05) is 33.0 Å². The van der Waals surface area contributed by atoms with Crippen molar-refractivity contribution in [2.24, 2.45) is 5.92 Å². The Hall–Kier alpha value is -0.200. The van der Waals surface area contributed by atoms with Crippen LogP contribution in [-0.4, -0.2) is 60.6 Å². The lowest BCUT2D eigenvalue weighted by molar-refractivity contribution is -0.0481. The molecule has 2 atom stereocenters. The van der Waals surface area contributed by atoms with Gasteiger partial charge in [0.15, 0.2) is 0 Å². The van der Waals surface area contributed by atoms with Crippen LogP contribution in [0.4, 0.5) is 0 Å². The van der Waals surface area contributed by atoms with Crippen LogP contribution in [0.5, 0.6) is 0 Å². The van der Waals surface area contributed by atoms with Gasteiger partial charge in [0.25, 0.3) is 0 Å². The topological polar surface area (TPSA) is 79.2 Å². The van der Waals surface area contributed by atoms with E-state index in [9.17, 15) is 5.11 Å². The molecule has 2 unspecified atom stereocenters. The highest BCUT2D eigenvalue weighted by Crippen LogP contribution is 2.12. The van der Waals surface area contributed by atoms with Crippen molar-refractivity contribution in [2.45, 2.75) is 83.8 Å². The molecule has 0 aliphatic carbocycles. The van der Waals surface area contributed by atoms with Crippen molar-refractivity contribution < 1.29 is 24.8 Å². The maximum atomic E-state index is 9.62. The third-order valence-corrected chi connectivity index (χ3v) is 3.96. The summed E-state index contributed by atoms with van der Waals surface area (Å²) in [7, 11) is 0. The molecule has 0 amide bonds. The number of aliphatic hydroxyl groups excluding tert-OH is 3. The van der Waals surface area contributed by atoms with E-state index in [0.29, 0.717) is 6.61 Å². The van der Waals surface area contributed by atoms with Crippen LogP contribution < -0.4 is 0 Å². The molecule has 0 radical (unpaired) electrons. The van der Waals surface area contributed by atoms with E-state index in [2.05, 4.69) is 13.8 Å². The average Bonchev–Trinajstić information content (AvgIpc) is 2.55. The van der Waals surface area contributed by atoms with E-state index in [1.54, 1.807) is 0 Å². The largest absolute Gasteiger partial charge is 0.394 e. The molecule has 0 saturated heterocycles. The van der Waals surface area contributed by atoms with Crippen LogP contribution in [0.3, 0.4) is 0 Å². The Labute approximate surface area is 148 Å². The van der Waals surface area contributed by atoms with Gasteiger partial charge in [-0.2, -0.15) is 0 Å². The fourth-order valence-corrected chi connectivity index (χ4v) is 2.48. The van der Waals surface area contributed by atoms with Gasteiger partial charge in [-0.3, -0.25) is 0 Å². The number of hydrogen-bond donors (Lipinski definition) is 3. The first-order valence-corrected chi connectivity index (χ1v) is 9.68. The molecule has 5 nitrogen and oxygen atoms in total. The standard InChI is InChI=1S/C19H40O5/c1-17(2)11-9-7-5-3-4-6-8-10-12-23-15-19(22)16-24-14-18(21)13-20/h17-22H,3-16H2,1-2H3. The van der Waals surface area contributed by atoms with E-state index in [1.807, 2.05) is 0 Å². The van der Waals surface area contributed by atoms with Crippen molar-refractivity contribution in [1.29, 1.82) is 0 Å². The fourth-order valence-electron chi connectivity index (χ4n) is 2.48. The lowest BCUT2D eigenvalue weighted by Crippen LogP contribution is -2.26. The minimum absolute atomic E-state index is 0.0328. The van der Waals surface area contributed by atoms with E-state index in [4.69, 9.17) is 19.7 Å². The first kappa shape index (κ1) is 23.8. The summed E-state index contributed by atoms with van der Waals surface area (Å²) in [5.74, 6) is 0.835. The van der Waals surface area contributed by atoms with Gasteiger partial charge in [0.2, 0.25) is 0 Å². The molecule has 0 bridgehead atoms. The van der Waals surface area contributed by atoms with Crippen molar-refractivity contribution in [3.8, 4) is 0 Å². The molecule has 0 aromatic heterocycles. The Morgan fingerprint density at radius 2 is 1.17 bits per heavy atom. The summed E-state index contributed by atoms with van der Waals surface area (Å²) in [5, 5.41) is 27.3. The van der Waals surface area contributed by atoms with E-state index in [1.165, 1.54) is 51.4 Å². The van der Waals surface area contributed by atoms with E-state index in [-0.39, 0.29) is 26.4 Å². The Bertz CT molecular complexity index is 248. The molecule has 0 spiro atoms. The number of rotatable bonds is 18. The van der Waals surface area contributed by atoms with Gasteiger partial charge in [-0.1, -0.05) is 65.2 Å². The van der Waals surface area contributed by atoms with E-state index in [0.717, 1.165) is 12.3 Å². The molecular formula is C19H40O5. The number of aliphatic hydroxyl groups is 3. The van der Waals surface area contributed by atoms with Crippen molar-refractivity contribution in [1.82, 2.24) is 0 Å². The van der Waals surface area contributed by atoms with Crippen LogP contribution in [-0.2, 0) is 9.47 Å². The molecule has 5 heteroatoms. The summed E-state index contributed by atoms with van der Waals surface area (Å²) < 4.78 is 10.5. The Kier molecular flexibility index (Phi) is 17.5. The van der Waals surface area contributed by atoms with Crippen LogP contribution in [0, 0.1) is 5.92 Å². The second-order valence-corrected chi connectivity index (χ2v) is 7.11. The maximum absolute atomic E-state index is 9.62. The van der Waals surface area contributed by atoms with Gasteiger partial charge in [-0.25, -0.2) is 0 Å². The van der Waals surface area contributed by atoms with Crippen LogP contribution >= 0.6 is 0 Å². The zero-order valence-electron chi connectivity index (χ0n) is 15.8.